The highest BCUT2D eigenvalue weighted by molar-refractivity contribution is 6.35. The molecule has 0 radical (unpaired) electrons. The summed E-state index contributed by atoms with van der Waals surface area (Å²) in [7, 11) is 0. The van der Waals surface area contributed by atoms with Gasteiger partial charge in [0.15, 0.2) is 0 Å². The molecule has 0 saturated carbocycles. The van der Waals surface area contributed by atoms with E-state index in [4.69, 9.17) is 11.6 Å². The molecule has 0 aliphatic heterocycles. The summed E-state index contributed by atoms with van der Waals surface area (Å²) < 4.78 is 0. The molecule has 1 nitrogen and oxygen atoms in total. The molecule has 0 aliphatic rings. The van der Waals surface area contributed by atoms with Gasteiger partial charge in [0.05, 0.1) is 10.5 Å². The third kappa shape index (κ3) is 1.48. The number of rotatable bonds is 0. The van der Waals surface area contributed by atoms with Crippen LogP contribution in [0.3, 0.4) is 0 Å². The van der Waals surface area contributed by atoms with E-state index in [0.29, 0.717) is 0 Å². The van der Waals surface area contributed by atoms with E-state index in [1.165, 1.54) is 11.1 Å². The Bertz CT molecular complexity index is 503. The molecule has 1 heterocycles. The summed E-state index contributed by atoms with van der Waals surface area (Å²) >= 11 is 6.15. The molecule has 0 amide bonds. The average molecular weight is 206 g/mol. The molecule has 0 unspecified atom stereocenters. The number of aromatic nitrogens is 1. The molecule has 2 aromatic rings. The lowest BCUT2D eigenvalue weighted by Gasteiger charge is -2.05. The Morgan fingerprint density at radius 1 is 1.00 bits per heavy atom. The second-order valence-electron chi connectivity index (χ2n) is 3.70. The van der Waals surface area contributed by atoms with E-state index in [1.807, 2.05) is 13.0 Å². The predicted octanol–water partition coefficient (Wildman–Crippen LogP) is 3.81. The Morgan fingerprint density at radius 3 is 2.36 bits per heavy atom. The largest absolute Gasteiger partial charge is 0.253 e. The molecule has 0 saturated heterocycles. The maximum Gasteiger partial charge on any atom is 0.0722 e. The van der Waals surface area contributed by atoms with Crippen molar-refractivity contribution in [2.24, 2.45) is 0 Å². The van der Waals surface area contributed by atoms with Crippen molar-refractivity contribution in [2.75, 3.05) is 0 Å². The Labute approximate surface area is 88.7 Å². The zero-order valence-corrected chi connectivity index (χ0v) is 9.31. The highest BCUT2D eigenvalue weighted by Gasteiger charge is 2.03. The molecule has 0 spiro atoms. The lowest BCUT2D eigenvalue weighted by molar-refractivity contribution is 1.24. The van der Waals surface area contributed by atoms with Crippen LogP contribution in [0.4, 0.5) is 0 Å². The summed E-state index contributed by atoms with van der Waals surface area (Å²) in [5, 5.41) is 1.83. The van der Waals surface area contributed by atoms with Crippen LogP contribution < -0.4 is 0 Å². The van der Waals surface area contributed by atoms with Gasteiger partial charge < -0.3 is 0 Å². The number of nitrogens with zero attached hydrogens (tertiary/aromatic N) is 1. The van der Waals surface area contributed by atoms with E-state index in [1.54, 1.807) is 0 Å². The van der Waals surface area contributed by atoms with E-state index in [9.17, 15) is 0 Å². The highest BCUT2D eigenvalue weighted by atomic mass is 35.5. The Morgan fingerprint density at radius 2 is 1.64 bits per heavy atom. The first-order valence-corrected chi connectivity index (χ1v) is 5.00. The number of hydrogen-bond donors (Lipinski definition) is 0. The van der Waals surface area contributed by atoms with E-state index >= 15 is 0 Å². The first-order chi connectivity index (χ1) is 6.58. The summed E-state index contributed by atoms with van der Waals surface area (Å²) in [4.78, 5) is 4.45. The molecule has 2 heteroatoms. The number of hydrogen-bond acceptors (Lipinski definition) is 1. The average Bonchev–Trinajstić information content (AvgIpc) is 2.08. The first-order valence-electron chi connectivity index (χ1n) is 4.62. The van der Waals surface area contributed by atoms with Gasteiger partial charge in [-0.3, -0.25) is 4.98 Å². The molecule has 14 heavy (non-hydrogen) atoms. The van der Waals surface area contributed by atoms with Gasteiger partial charge in [-0.2, -0.15) is 0 Å². The van der Waals surface area contributed by atoms with Crippen molar-refractivity contribution in [1.82, 2.24) is 4.98 Å². The van der Waals surface area contributed by atoms with Gasteiger partial charge in [-0.15, -0.1) is 0 Å². The third-order valence-corrected chi connectivity index (χ3v) is 2.81. The minimum absolute atomic E-state index is 0.788. The van der Waals surface area contributed by atoms with Crippen molar-refractivity contribution >= 4 is 22.5 Å². The van der Waals surface area contributed by atoms with Crippen LogP contribution in [0.15, 0.2) is 18.2 Å². The van der Waals surface area contributed by atoms with Crippen LogP contribution in [0, 0.1) is 20.8 Å². The van der Waals surface area contributed by atoms with Gasteiger partial charge in [-0.05, 0) is 50.1 Å². The van der Waals surface area contributed by atoms with Crippen LogP contribution in [0.25, 0.3) is 10.9 Å². The van der Waals surface area contributed by atoms with Gasteiger partial charge in [-0.25, -0.2) is 0 Å². The summed E-state index contributed by atoms with van der Waals surface area (Å²) in [5.41, 5.74) is 4.46. The van der Waals surface area contributed by atoms with Crippen LogP contribution >= 0.6 is 11.6 Å². The molecule has 0 bridgehead atoms. The van der Waals surface area contributed by atoms with Crippen molar-refractivity contribution in [3.8, 4) is 0 Å². The zero-order chi connectivity index (χ0) is 10.3. The van der Waals surface area contributed by atoms with Crippen molar-refractivity contribution in [3.63, 3.8) is 0 Å². The SMILES string of the molecule is Cc1cc(Cl)c2cc(C)c(C)cc2n1. The minimum Gasteiger partial charge on any atom is -0.253 e. The van der Waals surface area contributed by atoms with Gasteiger partial charge in [-0.1, -0.05) is 11.6 Å². The molecule has 1 aromatic carbocycles. The monoisotopic (exact) mass is 205 g/mol. The minimum atomic E-state index is 0.788. The molecular weight excluding hydrogens is 194 g/mol. The number of aryl methyl sites for hydroxylation is 3. The van der Waals surface area contributed by atoms with E-state index in [0.717, 1.165) is 21.6 Å². The third-order valence-electron chi connectivity index (χ3n) is 2.50. The molecule has 0 N–H and O–H groups in total. The molecule has 0 aliphatic carbocycles. The maximum absolute atomic E-state index is 6.15. The second kappa shape index (κ2) is 3.25. The lowest BCUT2D eigenvalue weighted by Crippen LogP contribution is -1.88. The number of pyridine rings is 1. The Balaban J connectivity index is 2.89. The predicted molar refractivity (Wildman–Crippen MR) is 61.0 cm³/mol. The van der Waals surface area contributed by atoms with Crippen molar-refractivity contribution in [1.29, 1.82) is 0 Å². The molecule has 1 aromatic heterocycles. The van der Waals surface area contributed by atoms with Gasteiger partial charge >= 0.3 is 0 Å². The van der Waals surface area contributed by atoms with Gasteiger partial charge in [0.2, 0.25) is 0 Å². The fourth-order valence-electron chi connectivity index (χ4n) is 1.57. The van der Waals surface area contributed by atoms with Crippen molar-refractivity contribution < 1.29 is 0 Å². The maximum atomic E-state index is 6.15. The summed E-state index contributed by atoms with van der Waals surface area (Å²) in [6.45, 7) is 6.14. The molecule has 0 fully saturated rings. The fourth-order valence-corrected chi connectivity index (χ4v) is 1.88. The Kier molecular flexibility index (Phi) is 2.20. The van der Waals surface area contributed by atoms with E-state index in [-0.39, 0.29) is 0 Å². The van der Waals surface area contributed by atoms with Gasteiger partial charge in [0, 0.05) is 11.1 Å². The van der Waals surface area contributed by atoms with Crippen LogP contribution in [0.2, 0.25) is 5.02 Å². The van der Waals surface area contributed by atoms with E-state index < -0.39 is 0 Å². The standard InChI is InChI=1S/C12H12ClN/c1-7-4-10-11(13)6-9(3)14-12(10)5-8(7)2/h4-6H,1-3H3. The number of halogens is 1. The van der Waals surface area contributed by atoms with Gasteiger partial charge in [0.25, 0.3) is 0 Å². The number of fused-ring (bicyclic) bond motifs is 1. The fraction of sp³-hybridized carbons (Fsp3) is 0.250. The number of benzene rings is 1. The molecular formula is C12H12ClN. The summed E-state index contributed by atoms with van der Waals surface area (Å²) in [6.07, 6.45) is 0. The van der Waals surface area contributed by atoms with Crippen LogP contribution in [-0.2, 0) is 0 Å². The topological polar surface area (TPSA) is 12.9 Å². The Hall–Kier alpha value is -1.08. The van der Waals surface area contributed by atoms with Crippen molar-refractivity contribution in [3.05, 3.63) is 40.0 Å². The molecule has 0 atom stereocenters. The zero-order valence-electron chi connectivity index (χ0n) is 8.56. The normalized spacial score (nSPS) is 10.9. The van der Waals surface area contributed by atoms with Crippen molar-refractivity contribution in [2.45, 2.75) is 20.8 Å². The smallest absolute Gasteiger partial charge is 0.0722 e. The second-order valence-corrected chi connectivity index (χ2v) is 4.11. The van der Waals surface area contributed by atoms with Gasteiger partial charge in [0.1, 0.15) is 0 Å². The summed E-state index contributed by atoms with van der Waals surface area (Å²) in [6, 6.07) is 6.08. The molecule has 72 valence electrons. The quantitative estimate of drug-likeness (QED) is 0.637. The first kappa shape index (κ1) is 9.47. The van der Waals surface area contributed by atoms with E-state index in [2.05, 4.69) is 31.0 Å². The summed E-state index contributed by atoms with van der Waals surface area (Å²) in [5.74, 6) is 0. The highest BCUT2D eigenvalue weighted by Crippen LogP contribution is 2.25. The van der Waals surface area contributed by atoms with Crippen LogP contribution in [-0.4, -0.2) is 4.98 Å². The van der Waals surface area contributed by atoms with Crippen LogP contribution in [0.5, 0.6) is 0 Å². The lowest BCUT2D eigenvalue weighted by atomic mass is 10.1. The molecule has 2 rings (SSSR count). The van der Waals surface area contributed by atoms with Crippen LogP contribution in [0.1, 0.15) is 16.8 Å².